The van der Waals surface area contributed by atoms with Crippen molar-refractivity contribution in [2.24, 2.45) is 0 Å². The van der Waals surface area contributed by atoms with Crippen molar-refractivity contribution in [1.29, 1.82) is 0 Å². The predicted octanol–water partition coefficient (Wildman–Crippen LogP) is 3.90. The summed E-state index contributed by atoms with van der Waals surface area (Å²) in [6.45, 7) is 1.51. The third kappa shape index (κ3) is 4.69. The molecule has 1 N–H and O–H groups in total. The molecule has 1 atom stereocenters. The van der Waals surface area contributed by atoms with Crippen LogP contribution in [-0.2, 0) is 14.8 Å². The van der Waals surface area contributed by atoms with Crippen LogP contribution in [0.4, 0.5) is 11.4 Å². The maximum atomic E-state index is 12.6. The number of hydrogen-bond acceptors (Lipinski definition) is 4. The lowest BCUT2D eigenvalue weighted by molar-refractivity contribution is -0.116. The normalized spacial score (nSPS) is 12.3. The number of anilines is 2. The van der Waals surface area contributed by atoms with Crippen LogP contribution < -0.4 is 14.4 Å². The minimum absolute atomic E-state index is 0.247. The molecule has 26 heavy (non-hydrogen) atoms. The molecule has 0 spiro atoms. The fourth-order valence-electron chi connectivity index (χ4n) is 2.40. The molecular weight excluding hydrogens is 444 g/mol. The molecule has 1 amide bonds. The molecule has 0 aliphatic heterocycles. The van der Waals surface area contributed by atoms with Crippen LogP contribution in [0.2, 0.25) is 5.02 Å². The van der Waals surface area contributed by atoms with E-state index in [0.29, 0.717) is 15.9 Å². The van der Waals surface area contributed by atoms with Gasteiger partial charge in [-0.3, -0.25) is 9.10 Å². The highest BCUT2D eigenvalue weighted by Crippen LogP contribution is 2.31. The standard InChI is InChI=1S/C17H18BrClN2O4S/c1-11(17(22)20-15-7-5-4-6-13(15)18)21(26(3,23)24)12-8-9-16(25-2)14(19)10-12/h4-11H,1-3H3,(H,20,22)/t11-/m1/s1. The maximum absolute atomic E-state index is 12.6. The number of rotatable bonds is 6. The van der Waals surface area contributed by atoms with E-state index >= 15 is 0 Å². The number of sulfonamides is 1. The first-order chi connectivity index (χ1) is 12.1. The number of benzene rings is 2. The number of hydrogen-bond donors (Lipinski definition) is 1. The SMILES string of the molecule is COc1ccc(N([C@H](C)C(=O)Nc2ccccc2Br)S(C)(=O)=O)cc1Cl. The molecule has 140 valence electrons. The van der Waals surface area contributed by atoms with E-state index in [9.17, 15) is 13.2 Å². The Morgan fingerprint density at radius 2 is 1.92 bits per heavy atom. The molecule has 0 heterocycles. The fraction of sp³-hybridized carbons (Fsp3) is 0.235. The topological polar surface area (TPSA) is 75.7 Å². The molecule has 0 fully saturated rings. The van der Waals surface area contributed by atoms with E-state index in [1.54, 1.807) is 24.3 Å². The molecule has 0 aromatic heterocycles. The second kappa shape index (κ2) is 8.28. The third-order valence-electron chi connectivity index (χ3n) is 3.61. The lowest BCUT2D eigenvalue weighted by Gasteiger charge is -2.28. The van der Waals surface area contributed by atoms with Gasteiger partial charge in [0.15, 0.2) is 0 Å². The van der Waals surface area contributed by atoms with Crippen molar-refractivity contribution in [3.63, 3.8) is 0 Å². The second-order valence-electron chi connectivity index (χ2n) is 5.52. The minimum Gasteiger partial charge on any atom is -0.495 e. The Bertz CT molecular complexity index is 921. The van der Waals surface area contributed by atoms with Gasteiger partial charge in [0.2, 0.25) is 15.9 Å². The maximum Gasteiger partial charge on any atom is 0.248 e. The molecular formula is C17H18BrClN2O4S. The van der Waals surface area contributed by atoms with E-state index in [2.05, 4.69) is 21.2 Å². The minimum atomic E-state index is -3.74. The van der Waals surface area contributed by atoms with Crippen molar-refractivity contribution in [3.05, 3.63) is 52.0 Å². The number of carbonyl (C=O) groups is 1. The highest BCUT2D eigenvalue weighted by atomic mass is 79.9. The van der Waals surface area contributed by atoms with Crippen LogP contribution in [0.1, 0.15) is 6.92 Å². The van der Waals surface area contributed by atoms with Crippen molar-refractivity contribution >= 4 is 54.8 Å². The van der Waals surface area contributed by atoms with Crippen LogP contribution in [0.25, 0.3) is 0 Å². The van der Waals surface area contributed by atoms with Gasteiger partial charge in [0, 0.05) is 4.47 Å². The summed E-state index contributed by atoms with van der Waals surface area (Å²) in [6, 6.07) is 10.6. The van der Waals surface area contributed by atoms with E-state index in [-0.39, 0.29) is 10.7 Å². The number of ether oxygens (including phenoxy) is 1. The Balaban J connectivity index is 2.36. The molecule has 0 aliphatic rings. The molecule has 0 saturated heterocycles. The summed E-state index contributed by atoms with van der Waals surface area (Å²) in [4.78, 5) is 12.6. The average molecular weight is 462 g/mol. The molecule has 2 rings (SSSR count). The number of nitrogens with one attached hydrogen (secondary N) is 1. The molecule has 6 nitrogen and oxygen atoms in total. The van der Waals surface area contributed by atoms with Gasteiger partial charge in [-0.25, -0.2) is 8.42 Å². The summed E-state index contributed by atoms with van der Waals surface area (Å²) < 4.78 is 31.4. The second-order valence-corrected chi connectivity index (χ2v) is 8.64. The van der Waals surface area contributed by atoms with Gasteiger partial charge in [-0.1, -0.05) is 23.7 Å². The fourth-order valence-corrected chi connectivity index (χ4v) is 4.20. The van der Waals surface area contributed by atoms with Crippen molar-refractivity contribution in [2.75, 3.05) is 23.0 Å². The molecule has 2 aromatic carbocycles. The zero-order valence-electron chi connectivity index (χ0n) is 14.4. The van der Waals surface area contributed by atoms with Gasteiger partial charge >= 0.3 is 0 Å². The number of carbonyl (C=O) groups excluding carboxylic acids is 1. The first kappa shape index (κ1) is 20.5. The van der Waals surface area contributed by atoms with Crippen LogP contribution in [0.3, 0.4) is 0 Å². The van der Waals surface area contributed by atoms with Crippen LogP contribution >= 0.6 is 27.5 Å². The Morgan fingerprint density at radius 3 is 2.46 bits per heavy atom. The summed E-state index contributed by atoms with van der Waals surface area (Å²) in [5.74, 6) is -0.0662. The molecule has 0 aliphatic carbocycles. The van der Waals surface area contributed by atoms with Gasteiger partial charge in [0.05, 0.1) is 29.8 Å². The monoisotopic (exact) mass is 460 g/mol. The Labute approximate surface area is 166 Å². The number of methoxy groups -OCH3 is 1. The van der Waals surface area contributed by atoms with E-state index in [1.807, 2.05) is 6.07 Å². The lowest BCUT2D eigenvalue weighted by Crippen LogP contribution is -2.45. The summed E-state index contributed by atoms with van der Waals surface area (Å²) in [5.41, 5.74) is 0.818. The van der Waals surface area contributed by atoms with Gasteiger partial charge in [0.25, 0.3) is 0 Å². The molecule has 2 aromatic rings. The van der Waals surface area contributed by atoms with E-state index in [1.165, 1.54) is 26.2 Å². The first-order valence-corrected chi connectivity index (χ1v) is 10.6. The van der Waals surface area contributed by atoms with Gasteiger partial charge in [0.1, 0.15) is 11.8 Å². The first-order valence-electron chi connectivity index (χ1n) is 7.53. The van der Waals surface area contributed by atoms with Crippen molar-refractivity contribution in [1.82, 2.24) is 0 Å². The van der Waals surface area contributed by atoms with Crippen LogP contribution in [0.5, 0.6) is 5.75 Å². The van der Waals surface area contributed by atoms with Crippen LogP contribution in [0, 0.1) is 0 Å². The quantitative estimate of drug-likeness (QED) is 0.708. The Morgan fingerprint density at radius 1 is 1.27 bits per heavy atom. The summed E-state index contributed by atoms with van der Waals surface area (Å²) >= 11 is 9.45. The van der Waals surface area contributed by atoms with Gasteiger partial charge in [-0.15, -0.1) is 0 Å². The summed E-state index contributed by atoms with van der Waals surface area (Å²) in [6.07, 6.45) is 1.04. The third-order valence-corrected chi connectivity index (χ3v) is 5.84. The van der Waals surface area contributed by atoms with Gasteiger partial charge in [-0.2, -0.15) is 0 Å². The predicted molar refractivity (Wildman–Crippen MR) is 108 cm³/mol. The zero-order chi connectivity index (χ0) is 19.5. The lowest BCUT2D eigenvalue weighted by atomic mass is 10.2. The molecule has 9 heteroatoms. The van der Waals surface area contributed by atoms with E-state index < -0.39 is 22.0 Å². The molecule has 0 radical (unpaired) electrons. The van der Waals surface area contributed by atoms with Crippen molar-refractivity contribution in [3.8, 4) is 5.75 Å². The summed E-state index contributed by atoms with van der Waals surface area (Å²) in [5, 5.41) is 2.97. The van der Waals surface area contributed by atoms with Gasteiger partial charge in [-0.05, 0) is 53.2 Å². The smallest absolute Gasteiger partial charge is 0.248 e. The zero-order valence-corrected chi connectivity index (χ0v) is 17.5. The number of halogens is 2. The highest BCUT2D eigenvalue weighted by Gasteiger charge is 2.30. The Hall–Kier alpha value is -1.77. The number of nitrogens with zero attached hydrogens (tertiary/aromatic N) is 1. The van der Waals surface area contributed by atoms with Crippen molar-refractivity contribution in [2.45, 2.75) is 13.0 Å². The molecule has 0 bridgehead atoms. The molecule has 0 saturated carbocycles. The van der Waals surface area contributed by atoms with E-state index in [0.717, 1.165) is 10.6 Å². The largest absolute Gasteiger partial charge is 0.495 e. The van der Waals surface area contributed by atoms with Crippen molar-refractivity contribution < 1.29 is 17.9 Å². The van der Waals surface area contributed by atoms with E-state index in [4.69, 9.17) is 16.3 Å². The Kier molecular flexibility index (Phi) is 6.54. The van der Waals surface area contributed by atoms with Crippen LogP contribution in [-0.4, -0.2) is 33.7 Å². The van der Waals surface area contributed by atoms with Crippen LogP contribution in [0.15, 0.2) is 46.9 Å². The average Bonchev–Trinajstić information content (AvgIpc) is 2.56. The number of para-hydroxylation sites is 1. The highest BCUT2D eigenvalue weighted by molar-refractivity contribution is 9.10. The molecule has 0 unspecified atom stereocenters. The summed E-state index contributed by atoms with van der Waals surface area (Å²) in [7, 11) is -2.28. The number of amides is 1. The van der Waals surface area contributed by atoms with Gasteiger partial charge < -0.3 is 10.1 Å².